The maximum atomic E-state index is 5.57. The molecule has 18 heavy (non-hydrogen) atoms. The van der Waals surface area contributed by atoms with Crippen molar-refractivity contribution in [3.05, 3.63) is 11.7 Å². The van der Waals surface area contributed by atoms with Crippen LogP contribution in [0.1, 0.15) is 50.2 Å². The lowest BCUT2D eigenvalue weighted by Gasteiger charge is -2.33. The number of aromatic nitrogens is 2. The molecule has 0 radical (unpaired) electrons. The molecule has 0 saturated carbocycles. The van der Waals surface area contributed by atoms with Gasteiger partial charge in [0, 0.05) is 12.5 Å². The predicted octanol–water partition coefficient (Wildman–Crippen LogP) is 1.60. The quantitative estimate of drug-likeness (QED) is 0.884. The second kappa shape index (κ2) is 4.97. The van der Waals surface area contributed by atoms with Crippen LogP contribution in [-0.2, 0) is 10.2 Å². The highest BCUT2D eigenvalue weighted by Gasteiger charge is 2.38. The van der Waals surface area contributed by atoms with Gasteiger partial charge in [0.25, 0.3) is 0 Å². The minimum atomic E-state index is 0.0932. The first-order chi connectivity index (χ1) is 8.84. The first-order valence-electron chi connectivity index (χ1n) is 6.96. The normalized spacial score (nSPS) is 27.5. The third kappa shape index (κ3) is 2.06. The topological polar surface area (TPSA) is 60.2 Å². The van der Waals surface area contributed by atoms with E-state index in [1.807, 2.05) is 0 Å². The smallest absolute Gasteiger partial charge is 0.232 e. The Bertz CT molecular complexity index is 393. The van der Waals surface area contributed by atoms with Crippen LogP contribution in [-0.4, -0.2) is 36.4 Å². The summed E-state index contributed by atoms with van der Waals surface area (Å²) >= 11 is 0. The largest absolute Gasteiger partial charge is 0.381 e. The van der Waals surface area contributed by atoms with Crippen molar-refractivity contribution in [1.82, 2.24) is 15.5 Å². The van der Waals surface area contributed by atoms with Gasteiger partial charge >= 0.3 is 0 Å². The number of nitrogens with zero attached hydrogens (tertiary/aromatic N) is 2. The minimum absolute atomic E-state index is 0.0932. The zero-order chi connectivity index (χ0) is 12.4. The minimum Gasteiger partial charge on any atom is -0.381 e. The number of hydrogen-bond acceptors (Lipinski definition) is 5. The molecule has 1 unspecified atom stereocenters. The van der Waals surface area contributed by atoms with Gasteiger partial charge in [-0.05, 0) is 38.8 Å². The maximum Gasteiger partial charge on any atom is 0.232 e. The van der Waals surface area contributed by atoms with E-state index in [0.29, 0.717) is 5.92 Å². The van der Waals surface area contributed by atoms with E-state index in [2.05, 4.69) is 22.4 Å². The van der Waals surface area contributed by atoms with E-state index in [1.165, 1.54) is 0 Å². The molecule has 3 rings (SSSR count). The second-order valence-electron chi connectivity index (χ2n) is 5.40. The van der Waals surface area contributed by atoms with Crippen LogP contribution in [0, 0.1) is 0 Å². The van der Waals surface area contributed by atoms with Gasteiger partial charge in [0.15, 0.2) is 5.82 Å². The van der Waals surface area contributed by atoms with Gasteiger partial charge in [0.05, 0.1) is 12.0 Å². The molecule has 0 aromatic carbocycles. The molecule has 5 heteroatoms. The van der Waals surface area contributed by atoms with Gasteiger partial charge in [-0.2, -0.15) is 4.98 Å². The van der Waals surface area contributed by atoms with Gasteiger partial charge in [0.1, 0.15) is 0 Å². The van der Waals surface area contributed by atoms with Crippen LogP contribution in [0.25, 0.3) is 0 Å². The fourth-order valence-electron chi connectivity index (χ4n) is 2.98. The molecule has 0 amide bonds. The fraction of sp³-hybridized carbons (Fsp3) is 0.846. The molecule has 2 fully saturated rings. The SMILES string of the molecule is CCC1(c2nc(C3CCOC3)no2)CCNCC1. The average Bonchev–Trinajstić information content (AvgIpc) is 3.10. The Hall–Kier alpha value is -0.940. The van der Waals surface area contributed by atoms with Crippen LogP contribution in [0.2, 0.25) is 0 Å². The molecule has 1 aromatic heterocycles. The number of nitrogens with one attached hydrogen (secondary N) is 1. The Kier molecular flexibility index (Phi) is 3.35. The molecule has 0 aliphatic carbocycles. The molecule has 2 saturated heterocycles. The Labute approximate surface area is 107 Å². The van der Waals surface area contributed by atoms with E-state index >= 15 is 0 Å². The number of ether oxygens (including phenoxy) is 1. The van der Waals surface area contributed by atoms with Crippen molar-refractivity contribution < 1.29 is 9.26 Å². The third-order valence-corrected chi connectivity index (χ3v) is 4.43. The molecule has 2 aliphatic heterocycles. The number of rotatable bonds is 3. The highest BCUT2D eigenvalue weighted by Crippen LogP contribution is 2.36. The van der Waals surface area contributed by atoms with Crippen LogP contribution in [0.15, 0.2) is 4.52 Å². The highest BCUT2D eigenvalue weighted by atomic mass is 16.5. The summed E-state index contributed by atoms with van der Waals surface area (Å²) in [4.78, 5) is 4.67. The molecule has 100 valence electrons. The predicted molar refractivity (Wildman–Crippen MR) is 66.5 cm³/mol. The van der Waals surface area contributed by atoms with Crippen molar-refractivity contribution >= 4 is 0 Å². The molecule has 1 aromatic rings. The molecule has 3 heterocycles. The van der Waals surface area contributed by atoms with Gasteiger partial charge in [-0.15, -0.1) is 0 Å². The van der Waals surface area contributed by atoms with Gasteiger partial charge in [-0.3, -0.25) is 0 Å². The lowest BCUT2D eigenvalue weighted by atomic mass is 9.76. The summed E-state index contributed by atoms with van der Waals surface area (Å²) in [5, 5.41) is 7.58. The van der Waals surface area contributed by atoms with Gasteiger partial charge in [-0.1, -0.05) is 12.1 Å². The molecule has 0 spiro atoms. The van der Waals surface area contributed by atoms with Crippen LogP contribution >= 0.6 is 0 Å². The van der Waals surface area contributed by atoms with Crippen molar-refractivity contribution in [1.29, 1.82) is 0 Å². The standard InChI is InChI=1S/C13H21N3O2/c1-2-13(4-6-14-7-5-13)12-15-11(16-18-12)10-3-8-17-9-10/h10,14H,2-9H2,1H3. The van der Waals surface area contributed by atoms with Crippen LogP contribution in [0.3, 0.4) is 0 Å². The first-order valence-corrected chi connectivity index (χ1v) is 6.96. The van der Waals surface area contributed by atoms with Crippen molar-refractivity contribution in [3.8, 4) is 0 Å². The summed E-state index contributed by atoms with van der Waals surface area (Å²) in [6.45, 7) is 5.85. The summed E-state index contributed by atoms with van der Waals surface area (Å²) in [5.74, 6) is 2.01. The maximum absolute atomic E-state index is 5.57. The molecular weight excluding hydrogens is 230 g/mol. The Balaban J connectivity index is 1.82. The summed E-state index contributed by atoms with van der Waals surface area (Å²) < 4.78 is 11.0. The van der Waals surface area contributed by atoms with Gasteiger partial charge < -0.3 is 14.6 Å². The lowest BCUT2D eigenvalue weighted by molar-refractivity contribution is 0.192. The second-order valence-corrected chi connectivity index (χ2v) is 5.40. The van der Waals surface area contributed by atoms with Crippen LogP contribution in [0.4, 0.5) is 0 Å². The number of hydrogen-bond donors (Lipinski definition) is 1. The van der Waals surface area contributed by atoms with Gasteiger partial charge in [0.2, 0.25) is 5.89 Å². The molecule has 5 nitrogen and oxygen atoms in total. The molecule has 2 aliphatic rings. The molecule has 1 atom stereocenters. The third-order valence-electron chi connectivity index (χ3n) is 4.43. The van der Waals surface area contributed by atoms with E-state index in [-0.39, 0.29) is 5.41 Å². The Morgan fingerprint density at radius 1 is 1.39 bits per heavy atom. The Morgan fingerprint density at radius 3 is 2.89 bits per heavy atom. The zero-order valence-corrected chi connectivity index (χ0v) is 10.9. The lowest BCUT2D eigenvalue weighted by Crippen LogP contribution is -2.39. The summed E-state index contributed by atoms with van der Waals surface area (Å²) in [6.07, 6.45) is 4.26. The summed E-state index contributed by atoms with van der Waals surface area (Å²) in [5.41, 5.74) is 0.0932. The zero-order valence-electron chi connectivity index (χ0n) is 10.9. The first kappa shape index (κ1) is 12.1. The summed E-state index contributed by atoms with van der Waals surface area (Å²) in [6, 6.07) is 0. The summed E-state index contributed by atoms with van der Waals surface area (Å²) in [7, 11) is 0. The van der Waals surface area contributed by atoms with E-state index in [9.17, 15) is 0 Å². The van der Waals surface area contributed by atoms with Crippen molar-refractivity contribution in [3.63, 3.8) is 0 Å². The van der Waals surface area contributed by atoms with Crippen LogP contribution in [0.5, 0.6) is 0 Å². The van der Waals surface area contributed by atoms with E-state index in [1.54, 1.807) is 0 Å². The fourth-order valence-corrected chi connectivity index (χ4v) is 2.98. The highest BCUT2D eigenvalue weighted by molar-refractivity contribution is 5.09. The van der Waals surface area contributed by atoms with Crippen molar-refractivity contribution in [2.24, 2.45) is 0 Å². The van der Waals surface area contributed by atoms with Crippen LogP contribution < -0.4 is 5.32 Å². The Morgan fingerprint density at radius 2 is 2.22 bits per heavy atom. The van der Waals surface area contributed by atoms with Crippen molar-refractivity contribution in [2.45, 2.75) is 43.9 Å². The molecule has 1 N–H and O–H groups in total. The van der Waals surface area contributed by atoms with E-state index in [0.717, 1.165) is 63.7 Å². The molecule has 0 bridgehead atoms. The molecular formula is C13H21N3O2. The van der Waals surface area contributed by atoms with Gasteiger partial charge in [-0.25, -0.2) is 0 Å². The monoisotopic (exact) mass is 251 g/mol. The average molecular weight is 251 g/mol. The number of piperidine rings is 1. The van der Waals surface area contributed by atoms with E-state index < -0.39 is 0 Å². The van der Waals surface area contributed by atoms with Crippen molar-refractivity contribution in [2.75, 3.05) is 26.3 Å². The van der Waals surface area contributed by atoms with E-state index in [4.69, 9.17) is 9.26 Å².